The molecule has 0 saturated carbocycles. The molecule has 2 heterocycles. The molecule has 2 aliphatic rings. The largest absolute Gasteiger partial charge is 0.369 e. The van der Waals surface area contributed by atoms with Gasteiger partial charge in [0.15, 0.2) is 0 Å². The third-order valence-electron chi connectivity index (χ3n) is 4.00. The van der Waals surface area contributed by atoms with Crippen molar-refractivity contribution in [1.29, 1.82) is 0 Å². The molecule has 1 aromatic carbocycles. The van der Waals surface area contributed by atoms with Crippen molar-refractivity contribution >= 4 is 33.1 Å². The van der Waals surface area contributed by atoms with Gasteiger partial charge in [0.05, 0.1) is 5.75 Å². The smallest absolute Gasteiger partial charge is 0.214 e. The summed E-state index contributed by atoms with van der Waals surface area (Å²) >= 11 is 5.90. The average Bonchev–Trinajstić information content (AvgIpc) is 3.08. The Kier molecular flexibility index (Phi) is 5.05. The summed E-state index contributed by atoms with van der Waals surface area (Å²) in [6.45, 7) is 2.87. The minimum atomic E-state index is -3.25. The number of nitrogens with one attached hydrogen (secondary N) is 2. The molecule has 23 heavy (non-hydrogen) atoms. The SMILES string of the molecule is O=S(=O)(CCC1=NCNN1)N1CCN(c2ccc(Cl)cc2)CC1. The lowest BCUT2D eigenvalue weighted by atomic mass is 10.2. The number of anilines is 1. The van der Waals surface area contributed by atoms with Crippen molar-refractivity contribution in [3.8, 4) is 0 Å². The van der Waals surface area contributed by atoms with Gasteiger partial charge < -0.3 is 10.3 Å². The van der Waals surface area contributed by atoms with E-state index in [1.54, 1.807) is 4.31 Å². The van der Waals surface area contributed by atoms with Crippen LogP contribution >= 0.6 is 11.6 Å². The number of nitrogens with zero attached hydrogens (tertiary/aromatic N) is 3. The summed E-state index contributed by atoms with van der Waals surface area (Å²) in [5, 5.41) is 0.702. The molecule has 0 radical (unpaired) electrons. The van der Waals surface area contributed by atoms with Gasteiger partial charge in [-0.15, -0.1) is 0 Å². The highest BCUT2D eigenvalue weighted by atomic mass is 35.5. The number of piperazine rings is 1. The highest BCUT2D eigenvalue weighted by Crippen LogP contribution is 2.20. The monoisotopic (exact) mass is 357 g/mol. The molecule has 9 heteroatoms. The number of sulfonamides is 1. The predicted molar refractivity (Wildman–Crippen MR) is 92.2 cm³/mol. The van der Waals surface area contributed by atoms with E-state index in [-0.39, 0.29) is 5.75 Å². The van der Waals surface area contributed by atoms with Crippen LogP contribution in [0.15, 0.2) is 29.3 Å². The Morgan fingerprint density at radius 1 is 1.13 bits per heavy atom. The number of hydrogen-bond acceptors (Lipinski definition) is 6. The van der Waals surface area contributed by atoms with Gasteiger partial charge in [-0.1, -0.05) is 11.6 Å². The van der Waals surface area contributed by atoms with E-state index >= 15 is 0 Å². The second kappa shape index (κ2) is 7.04. The summed E-state index contributed by atoms with van der Waals surface area (Å²) in [5.74, 6) is 0.787. The standard InChI is InChI=1S/C14H20ClN5O2S/c15-12-1-3-13(4-2-12)19-6-8-20(9-7-19)23(21,22)10-5-14-16-11-17-18-14/h1-4,17H,5-11H2,(H,16,18). The predicted octanol–water partition coefficient (Wildman–Crippen LogP) is 0.646. The maximum Gasteiger partial charge on any atom is 0.214 e. The highest BCUT2D eigenvalue weighted by molar-refractivity contribution is 7.89. The maximum atomic E-state index is 12.4. The first-order chi connectivity index (χ1) is 11.0. The number of hydrogen-bond donors (Lipinski definition) is 2. The fourth-order valence-corrected chi connectivity index (χ4v) is 4.24. The number of aliphatic imine (C=N–C) groups is 1. The highest BCUT2D eigenvalue weighted by Gasteiger charge is 2.27. The summed E-state index contributed by atoms with van der Waals surface area (Å²) in [6.07, 6.45) is 0.409. The van der Waals surface area contributed by atoms with Gasteiger partial charge in [0.25, 0.3) is 0 Å². The van der Waals surface area contributed by atoms with Gasteiger partial charge in [0.2, 0.25) is 10.0 Å². The molecule has 0 spiro atoms. The zero-order valence-corrected chi connectivity index (χ0v) is 14.3. The molecule has 2 aliphatic heterocycles. The van der Waals surface area contributed by atoms with Crippen LogP contribution in [0.3, 0.4) is 0 Å². The quantitative estimate of drug-likeness (QED) is 0.809. The summed E-state index contributed by atoms with van der Waals surface area (Å²) in [4.78, 5) is 6.31. The van der Waals surface area contributed by atoms with Crippen LogP contribution in [0.2, 0.25) is 5.02 Å². The van der Waals surface area contributed by atoms with Crippen LogP contribution in [0.1, 0.15) is 6.42 Å². The Morgan fingerprint density at radius 3 is 2.43 bits per heavy atom. The lowest BCUT2D eigenvalue weighted by molar-refractivity contribution is 0.385. The molecule has 2 N–H and O–H groups in total. The van der Waals surface area contributed by atoms with Crippen molar-refractivity contribution in [2.24, 2.45) is 4.99 Å². The molecule has 0 unspecified atom stereocenters. The fraction of sp³-hybridized carbons (Fsp3) is 0.500. The average molecular weight is 358 g/mol. The topological polar surface area (TPSA) is 77.0 Å². The molecule has 0 atom stereocenters. The number of benzene rings is 1. The molecule has 1 aromatic rings. The Labute approximate surface area is 141 Å². The van der Waals surface area contributed by atoms with Gasteiger partial charge in [-0.3, -0.25) is 4.99 Å². The van der Waals surface area contributed by atoms with Crippen molar-refractivity contribution in [3.63, 3.8) is 0 Å². The third kappa shape index (κ3) is 4.14. The van der Waals surface area contributed by atoms with Crippen molar-refractivity contribution in [3.05, 3.63) is 29.3 Å². The first-order valence-electron chi connectivity index (χ1n) is 7.55. The first-order valence-corrected chi connectivity index (χ1v) is 9.54. The number of hydrazine groups is 1. The molecule has 0 bridgehead atoms. The molecule has 0 amide bonds. The van der Waals surface area contributed by atoms with Gasteiger partial charge in [0, 0.05) is 43.3 Å². The number of halogens is 1. The first kappa shape index (κ1) is 16.5. The summed E-state index contributed by atoms with van der Waals surface area (Å²) < 4.78 is 26.4. The fourth-order valence-electron chi connectivity index (χ4n) is 2.69. The molecule has 7 nitrogen and oxygen atoms in total. The van der Waals surface area contributed by atoms with Crippen LogP contribution < -0.4 is 15.8 Å². The molecule has 0 aliphatic carbocycles. The number of amidine groups is 1. The number of rotatable bonds is 5. The van der Waals surface area contributed by atoms with E-state index in [0.29, 0.717) is 50.1 Å². The van der Waals surface area contributed by atoms with Crippen molar-refractivity contribution in [2.45, 2.75) is 6.42 Å². The zero-order valence-electron chi connectivity index (χ0n) is 12.7. The summed E-state index contributed by atoms with van der Waals surface area (Å²) in [7, 11) is -3.25. The zero-order chi connectivity index (χ0) is 16.3. The van der Waals surface area contributed by atoms with Crippen LogP contribution in [0.25, 0.3) is 0 Å². The van der Waals surface area contributed by atoms with Crippen LogP contribution in [0.5, 0.6) is 0 Å². The van der Waals surface area contributed by atoms with Crippen LogP contribution in [0.4, 0.5) is 5.69 Å². The van der Waals surface area contributed by atoms with E-state index in [4.69, 9.17) is 11.6 Å². The minimum absolute atomic E-state index is 0.0848. The maximum absolute atomic E-state index is 12.4. The Bertz CT molecular complexity index is 669. The van der Waals surface area contributed by atoms with E-state index in [9.17, 15) is 8.42 Å². The lowest BCUT2D eigenvalue weighted by Gasteiger charge is -2.35. The second-order valence-corrected chi connectivity index (χ2v) is 8.02. The van der Waals surface area contributed by atoms with E-state index < -0.39 is 10.0 Å². The van der Waals surface area contributed by atoms with Crippen molar-refractivity contribution < 1.29 is 8.42 Å². The molecule has 1 fully saturated rings. The van der Waals surface area contributed by atoms with Crippen LogP contribution in [-0.4, -0.2) is 57.2 Å². The van der Waals surface area contributed by atoms with Gasteiger partial charge >= 0.3 is 0 Å². The van der Waals surface area contributed by atoms with E-state index in [0.717, 1.165) is 5.69 Å². The van der Waals surface area contributed by atoms with Gasteiger partial charge in [-0.05, 0) is 24.3 Å². The van der Waals surface area contributed by atoms with E-state index in [2.05, 4.69) is 20.7 Å². The van der Waals surface area contributed by atoms with Crippen molar-refractivity contribution in [1.82, 2.24) is 15.2 Å². The molecular weight excluding hydrogens is 338 g/mol. The molecule has 126 valence electrons. The summed E-state index contributed by atoms with van der Waals surface area (Å²) in [6, 6.07) is 7.62. The van der Waals surface area contributed by atoms with E-state index in [1.165, 1.54) is 0 Å². The third-order valence-corrected chi connectivity index (χ3v) is 6.13. The lowest BCUT2D eigenvalue weighted by Crippen LogP contribution is -2.49. The molecule has 0 aromatic heterocycles. The molecule has 3 rings (SSSR count). The Balaban J connectivity index is 1.54. The second-order valence-electron chi connectivity index (χ2n) is 5.49. The molecule has 1 saturated heterocycles. The van der Waals surface area contributed by atoms with Gasteiger partial charge in [-0.25, -0.2) is 13.8 Å². The minimum Gasteiger partial charge on any atom is -0.369 e. The Morgan fingerprint density at radius 2 is 1.83 bits per heavy atom. The van der Waals surface area contributed by atoms with Gasteiger partial charge in [0.1, 0.15) is 12.5 Å². The van der Waals surface area contributed by atoms with Gasteiger partial charge in [-0.2, -0.15) is 4.31 Å². The van der Waals surface area contributed by atoms with Crippen LogP contribution in [0, 0.1) is 0 Å². The van der Waals surface area contributed by atoms with Crippen LogP contribution in [-0.2, 0) is 10.0 Å². The summed E-state index contributed by atoms with van der Waals surface area (Å²) in [5.41, 5.74) is 6.77. The Hall–Kier alpha value is -1.35. The normalized spacial score (nSPS) is 19.5. The molecular formula is C14H20ClN5O2S. The van der Waals surface area contributed by atoms with Crippen molar-refractivity contribution in [2.75, 3.05) is 43.5 Å². The van der Waals surface area contributed by atoms with E-state index in [1.807, 2.05) is 24.3 Å².